The molecule has 6 heteroatoms. The number of hydrogen-bond acceptors (Lipinski definition) is 6. The molecule has 0 radical (unpaired) electrons. The lowest BCUT2D eigenvalue weighted by molar-refractivity contribution is 0.373. The number of aromatic hydroxyl groups is 2. The highest BCUT2D eigenvalue weighted by molar-refractivity contribution is 5.72. The number of ether oxygens (including phenoxy) is 2. The zero-order chi connectivity index (χ0) is 19.2. The number of phenolic OH excluding ortho intramolecular Hbond substituents is 2. The van der Waals surface area contributed by atoms with Crippen LogP contribution < -0.4 is 9.47 Å². The van der Waals surface area contributed by atoms with Crippen LogP contribution in [0.4, 0.5) is 0 Å². The second kappa shape index (κ2) is 8.14. The van der Waals surface area contributed by atoms with Gasteiger partial charge in [-0.1, -0.05) is 29.4 Å². The maximum atomic E-state index is 9.80. The third-order valence-electron chi connectivity index (χ3n) is 3.84. The van der Waals surface area contributed by atoms with Crippen LogP contribution in [0, 0.1) is 0 Å². The minimum absolute atomic E-state index is 0.0742. The maximum Gasteiger partial charge on any atom is 0.161 e. The van der Waals surface area contributed by atoms with E-state index in [0.717, 1.165) is 11.1 Å². The molecule has 0 saturated heterocycles. The predicted molar refractivity (Wildman–Crippen MR) is 104 cm³/mol. The summed E-state index contributed by atoms with van der Waals surface area (Å²) in [5.74, 6) is 1.57. The Balaban J connectivity index is 1.70. The molecule has 0 saturated carbocycles. The van der Waals surface area contributed by atoms with Gasteiger partial charge in [0, 0.05) is 6.07 Å². The van der Waals surface area contributed by atoms with Crippen LogP contribution >= 0.6 is 0 Å². The van der Waals surface area contributed by atoms with E-state index in [-0.39, 0.29) is 11.5 Å². The highest BCUT2D eigenvalue weighted by atomic mass is 16.5. The molecule has 0 atom stereocenters. The van der Waals surface area contributed by atoms with Crippen molar-refractivity contribution in [1.82, 2.24) is 5.16 Å². The van der Waals surface area contributed by atoms with Gasteiger partial charge < -0.3 is 24.2 Å². The second-order valence-corrected chi connectivity index (χ2v) is 5.68. The van der Waals surface area contributed by atoms with Crippen LogP contribution in [0.25, 0.3) is 24.3 Å². The van der Waals surface area contributed by atoms with Gasteiger partial charge in [0.2, 0.25) is 0 Å². The van der Waals surface area contributed by atoms with Crippen molar-refractivity contribution in [2.45, 2.75) is 0 Å². The quantitative estimate of drug-likeness (QED) is 0.672. The van der Waals surface area contributed by atoms with Gasteiger partial charge in [-0.2, -0.15) is 0 Å². The SMILES string of the molecule is COc1ccc(/C=C/c2cc(/C=C/c3ccc(O)c(OC)c3)no2)cc1O. The molecule has 138 valence electrons. The summed E-state index contributed by atoms with van der Waals surface area (Å²) in [6.45, 7) is 0. The van der Waals surface area contributed by atoms with Gasteiger partial charge in [0.05, 0.1) is 14.2 Å². The van der Waals surface area contributed by atoms with E-state index in [1.807, 2.05) is 12.1 Å². The minimum atomic E-state index is 0.0742. The van der Waals surface area contributed by atoms with E-state index in [9.17, 15) is 10.2 Å². The van der Waals surface area contributed by atoms with Crippen LogP contribution in [0.3, 0.4) is 0 Å². The first-order valence-corrected chi connectivity index (χ1v) is 8.16. The van der Waals surface area contributed by atoms with Crippen molar-refractivity contribution in [1.29, 1.82) is 0 Å². The predicted octanol–water partition coefficient (Wildman–Crippen LogP) is 4.44. The van der Waals surface area contributed by atoms with Crippen molar-refractivity contribution >= 4 is 24.3 Å². The van der Waals surface area contributed by atoms with E-state index >= 15 is 0 Å². The van der Waals surface area contributed by atoms with Crippen LogP contribution in [0.5, 0.6) is 23.0 Å². The first-order valence-electron chi connectivity index (χ1n) is 8.16. The highest BCUT2D eigenvalue weighted by Gasteiger charge is 2.03. The maximum absolute atomic E-state index is 9.80. The standard InChI is InChI=1S/C21H19NO5/c1-25-20-10-6-14(11-19(20)24)4-8-17-13-16(22-27-17)7-3-15-5-9-18(23)21(12-15)26-2/h3-13,23-24H,1-2H3/b7-3+,8-4+. The van der Waals surface area contributed by atoms with E-state index in [2.05, 4.69) is 5.16 Å². The molecule has 2 aromatic carbocycles. The Hall–Kier alpha value is -3.67. The van der Waals surface area contributed by atoms with Crippen LogP contribution in [0.2, 0.25) is 0 Å². The Morgan fingerprint density at radius 2 is 1.48 bits per heavy atom. The first kappa shape index (κ1) is 18.1. The van der Waals surface area contributed by atoms with Gasteiger partial charge in [-0.15, -0.1) is 0 Å². The lowest BCUT2D eigenvalue weighted by atomic mass is 10.1. The second-order valence-electron chi connectivity index (χ2n) is 5.68. The van der Waals surface area contributed by atoms with Gasteiger partial charge in [-0.25, -0.2) is 0 Å². The highest BCUT2D eigenvalue weighted by Crippen LogP contribution is 2.28. The van der Waals surface area contributed by atoms with Crippen LogP contribution in [0.1, 0.15) is 22.6 Å². The third-order valence-corrected chi connectivity index (χ3v) is 3.84. The van der Waals surface area contributed by atoms with E-state index < -0.39 is 0 Å². The monoisotopic (exact) mass is 365 g/mol. The molecule has 2 N–H and O–H groups in total. The van der Waals surface area contributed by atoms with E-state index in [1.165, 1.54) is 14.2 Å². The Morgan fingerprint density at radius 3 is 2.22 bits per heavy atom. The molecule has 0 aliphatic carbocycles. The minimum Gasteiger partial charge on any atom is -0.504 e. The Labute approximate surface area is 156 Å². The number of aromatic nitrogens is 1. The number of nitrogens with zero attached hydrogens (tertiary/aromatic N) is 1. The summed E-state index contributed by atoms with van der Waals surface area (Å²) in [6, 6.07) is 12.0. The average Bonchev–Trinajstić information content (AvgIpc) is 3.14. The number of phenols is 2. The molecule has 3 rings (SSSR count). The zero-order valence-corrected chi connectivity index (χ0v) is 14.9. The number of methoxy groups -OCH3 is 2. The fraction of sp³-hybridized carbons (Fsp3) is 0.0952. The Kier molecular flexibility index (Phi) is 5.47. The molecule has 3 aromatic rings. The van der Waals surface area contributed by atoms with E-state index in [0.29, 0.717) is 23.0 Å². The van der Waals surface area contributed by atoms with Gasteiger partial charge in [0.25, 0.3) is 0 Å². The molecule has 0 bridgehead atoms. The van der Waals surface area contributed by atoms with Gasteiger partial charge >= 0.3 is 0 Å². The fourth-order valence-corrected chi connectivity index (χ4v) is 2.43. The Bertz CT molecular complexity index is 988. The van der Waals surface area contributed by atoms with Gasteiger partial charge in [-0.05, 0) is 47.5 Å². The average molecular weight is 365 g/mol. The van der Waals surface area contributed by atoms with Crippen molar-refractivity contribution in [3.8, 4) is 23.0 Å². The summed E-state index contributed by atoms with van der Waals surface area (Å²) in [4.78, 5) is 0. The van der Waals surface area contributed by atoms with Gasteiger partial charge in [0.1, 0.15) is 5.69 Å². The normalized spacial score (nSPS) is 11.3. The molecule has 0 spiro atoms. The first-order chi connectivity index (χ1) is 13.1. The van der Waals surface area contributed by atoms with Gasteiger partial charge in [0.15, 0.2) is 28.8 Å². The Morgan fingerprint density at radius 1 is 0.778 bits per heavy atom. The van der Waals surface area contributed by atoms with Gasteiger partial charge in [-0.3, -0.25) is 0 Å². The summed E-state index contributed by atoms with van der Waals surface area (Å²) < 4.78 is 15.4. The molecule has 0 amide bonds. The van der Waals surface area contributed by atoms with Crippen molar-refractivity contribution < 1.29 is 24.2 Å². The van der Waals surface area contributed by atoms with Crippen molar-refractivity contribution in [3.05, 3.63) is 65.0 Å². The molecule has 0 unspecified atom stereocenters. The molecule has 0 fully saturated rings. The summed E-state index contributed by atoms with van der Waals surface area (Å²) in [5, 5.41) is 23.4. The van der Waals surface area contributed by atoms with Crippen molar-refractivity contribution in [2.75, 3.05) is 14.2 Å². The summed E-state index contributed by atoms with van der Waals surface area (Å²) in [7, 11) is 3.00. The molecule has 0 aliphatic rings. The molecular weight excluding hydrogens is 346 g/mol. The summed E-state index contributed by atoms with van der Waals surface area (Å²) in [5.41, 5.74) is 2.32. The molecule has 1 heterocycles. The number of rotatable bonds is 6. The smallest absolute Gasteiger partial charge is 0.161 e. The zero-order valence-electron chi connectivity index (χ0n) is 14.9. The largest absolute Gasteiger partial charge is 0.504 e. The topological polar surface area (TPSA) is 85.0 Å². The molecule has 1 aromatic heterocycles. The number of benzene rings is 2. The third kappa shape index (κ3) is 4.49. The van der Waals surface area contributed by atoms with E-state index in [4.69, 9.17) is 14.0 Å². The lowest BCUT2D eigenvalue weighted by Gasteiger charge is -2.03. The van der Waals surface area contributed by atoms with Crippen LogP contribution in [0.15, 0.2) is 47.0 Å². The molecular formula is C21H19NO5. The lowest BCUT2D eigenvalue weighted by Crippen LogP contribution is -1.84. The number of hydrogen-bond donors (Lipinski definition) is 2. The van der Waals surface area contributed by atoms with Crippen LogP contribution in [-0.2, 0) is 0 Å². The molecule has 6 nitrogen and oxygen atoms in total. The van der Waals surface area contributed by atoms with E-state index in [1.54, 1.807) is 54.6 Å². The van der Waals surface area contributed by atoms with Crippen molar-refractivity contribution in [3.63, 3.8) is 0 Å². The fourth-order valence-electron chi connectivity index (χ4n) is 2.43. The molecule has 0 aliphatic heterocycles. The molecule has 27 heavy (non-hydrogen) atoms. The van der Waals surface area contributed by atoms with Crippen LogP contribution in [-0.4, -0.2) is 29.6 Å². The van der Waals surface area contributed by atoms with Crippen molar-refractivity contribution in [2.24, 2.45) is 0 Å². The summed E-state index contributed by atoms with van der Waals surface area (Å²) >= 11 is 0. The summed E-state index contributed by atoms with van der Waals surface area (Å²) in [6.07, 6.45) is 7.20.